The number of fused-ring (bicyclic) bond motifs is 2. The van der Waals surface area contributed by atoms with Crippen LogP contribution in [0.3, 0.4) is 0 Å². The zero-order valence-electron chi connectivity index (χ0n) is 6.24. The van der Waals surface area contributed by atoms with Crippen molar-refractivity contribution in [2.45, 2.75) is 0 Å². The smallest absolute Gasteiger partial charge is 0.144 e. The molecule has 2 aliphatic rings. The number of ketones is 1. The first kappa shape index (κ1) is 9.20. The summed E-state index contributed by atoms with van der Waals surface area (Å²) in [6, 6.07) is 0. The molecule has 0 spiro atoms. The van der Waals surface area contributed by atoms with E-state index in [1.165, 1.54) is 0 Å². The number of hydrogen-bond donors (Lipinski definition) is 2. The molecule has 0 aliphatic carbocycles. The number of hydrogen-bond acceptors (Lipinski definition) is 3. The van der Waals surface area contributed by atoms with Crippen molar-refractivity contribution in [2.75, 3.05) is 26.2 Å². The molecule has 2 fully saturated rings. The molecule has 0 unspecified atom stereocenters. The quantitative estimate of drug-likeness (QED) is 0.488. The Kier molecular flexibility index (Phi) is 3.07. The van der Waals surface area contributed by atoms with Crippen molar-refractivity contribution in [3.05, 3.63) is 0 Å². The Morgan fingerprint density at radius 2 is 1.36 bits per heavy atom. The fourth-order valence-corrected chi connectivity index (χ4v) is 1.74. The van der Waals surface area contributed by atoms with E-state index in [1.807, 2.05) is 0 Å². The third-order valence-corrected chi connectivity index (χ3v) is 2.37. The molecule has 0 aromatic carbocycles. The monoisotopic (exact) mass is 196 g/mol. The van der Waals surface area contributed by atoms with Gasteiger partial charge in [0.1, 0.15) is 5.78 Å². The van der Waals surface area contributed by atoms with Crippen molar-refractivity contribution in [3.63, 3.8) is 0 Å². The van der Waals surface area contributed by atoms with E-state index in [-0.39, 0.29) is 28.9 Å². The van der Waals surface area contributed by atoms with Gasteiger partial charge >= 0.3 is 0 Å². The third-order valence-electron chi connectivity index (χ3n) is 2.37. The van der Waals surface area contributed by atoms with Crippen LogP contribution in [0.15, 0.2) is 0 Å². The van der Waals surface area contributed by atoms with E-state index in [0.29, 0.717) is 5.78 Å². The Balaban J connectivity index is 0.000000605. The molecule has 2 heterocycles. The van der Waals surface area contributed by atoms with Crippen molar-refractivity contribution < 1.29 is 21.9 Å². The summed E-state index contributed by atoms with van der Waals surface area (Å²) in [7, 11) is 0. The van der Waals surface area contributed by atoms with Gasteiger partial charge in [-0.2, -0.15) is 0 Å². The first-order valence-corrected chi connectivity index (χ1v) is 3.83. The van der Waals surface area contributed by atoms with Gasteiger partial charge in [-0.3, -0.25) is 4.79 Å². The van der Waals surface area contributed by atoms with Gasteiger partial charge < -0.3 is 10.6 Å². The summed E-state index contributed by atoms with van der Waals surface area (Å²) in [6.07, 6.45) is 0. The van der Waals surface area contributed by atoms with Gasteiger partial charge in [0, 0.05) is 55.1 Å². The summed E-state index contributed by atoms with van der Waals surface area (Å²) in [5, 5.41) is 6.51. The van der Waals surface area contributed by atoms with Crippen molar-refractivity contribution in [2.24, 2.45) is 11.8 Å². The molecular weight excluding hydrogens is 184 g/mol. The second-order valence-electron chi connectivity index (χ2n) is 3.11. The zero-order chi connectivity index (χ0) is 6.97. The SMILES string of the molecule is O=C1C2CNCC1CNC2.[Fe]. The molecule has 2 saturated heterocycles. The van der Waals surface area contributed by atoms with E-state index < -0.39 is 0 Å². The molecule has 0 amide bonds. The molecule has 0 atom stereocenters. The number of rotatable bonds is 0. The molecule has 3 nitrogen and oxygen atoms in total. The topological polar surface area (TPSA) is 41.1 Å². The van der Waals surface area contributed by atoms with Crippen LogP contribution in [0.1, 0.15) is 0 Å². The summed E-state index contributed by atoms with van der Waals surface area (Å²) in [5.41, 5.74) is 0. The van der Waals surface area contributed by atoms with E-state index in [2.05, 4.69) is 10.6 Å². The summed E-state index contributed by atoms with van der Waals surface area (Å²) in [4.78, 5) is 11.3. The molecule has 0 saturated carbocycles. The Labute approximate surface area is 76.8 Å². The minimum Gasteiger partial charge on any atom is -0.315 e. The molecule has 0 aromatic rings. The van der Waals surface area contributed by atoms with Gasteiger partial charge in [-0.1, -0.05) is 0 Å². The minimum atomic E-state index is 0. The standard InChI is InChI=1S/C7H12N2O.Fe/c10-7-5-1-8-3-6(7)4-9-2-5;/h5-6,8-9H,1-4H2;. The first-order chi connectivity index (χ1) is 4.88. The van der Waals surface area contributed by atoms with Crippen LogP contribution < -0.4 is 10.6 Å². The van der Waals surface area contributed by atoms with E-state index >= 15 is 0 Å². The Hall–Kier alpha value is 0.109. The van der Waals surface area contributed by atoms with Crippen LogP contribution in [-0.4, -0.2) is 32.0 Å². The maximum Gasteiger partial charge on any atom is 0.144 e. The number of piperidine rings is 2. The van der Waals surface area contributed by atoms with Crippen molar-refractivity contribution >= 4 is 5.78 Å². The van der Waals surface area contributed by atoms with Crippen molar-refractivity contribution in [1.29, 1.82) is 0 Å². The van der Waals surface area contributed by atoms with Crippen LogP contribution in [0.4, 0.5) is 0 Å². The minimum absolute atomic E-state index is 0. The third kappa shape index (κ3) is 1.64. The van der Waals surface area contributed by atoms with E-state index in [0.717, 1.165) is 26.2 Å². The summed E-state index contributed by atoms with van der Waals surface area (Å²) in [6.45, 7) is 3.51. The van der Waals surface area contributed by atoms with Crippen molar-refractivity contribution in [1.82, 2.24) is 10.6 Å². The van der Waals surface area contributed by atoms with E-state index in [9.17, 15) is 4.79 Å². The van der Waals surface area contributed by atoms with Crippen LogP contribution in [0, 0.1) is 11.8 Å². The molecule has 2 rings (SSSR count). The number of carbonyl (C=O) groups is 1. The number of nitrogens with one attached hydrogen (secondary N) is 2. The van der Waals surface area contributed by atoms with Gasteiger partial charge in [0.15, 0.2) is 0 Å². The second kappa shape index (κ2) is 3.67. The molecule has 0 aromatic heterocycles. The van der Waals surface area contributed by atoms with Crippen LogP contribution in [0.25, 0.3) is 0 Å². The molecule has 64 valence electrons. The maximum atomic E-state index is 11.3. The molecule has 0 radical (unpaired) electrons. The second-order valence-corrected chi connectivity index (χ2v) is 3.11. The summed E-state index contributed by atoms with van der Waals surface area (Å²) in [5.74, 6) is 0.984. The molecule has 2 bridgehead atoms. The van der Waals surface area contributed by atoms with Crippen LogP contribution >= 0.6 is 0 Å². The van der Waals surface area contributed by atoms with Gasteiger partial charge in [-0.05, 0) is 0 Å². The molecule has 2 N–H and O–H groups in total. The average Bonchev–Trinajstić information content (AvgIpc) is 1.86. The zero-order valence-corrected chi connectivity index (χ0v) is 7.35. The number of carbonyl (C=O) groups excluding carboxylic acids is 1. The van der Waals surface area contributed by atoms with Crippen molar-refractivity contribution in [3.8, 4) is 0 Å². The maximum absolute atomic E-state index is 11.3. The normalized spacial score (nSPS) is 36.2. The predicted molar refractivity (Wildman–Crippen MR) is 37.7 cm³/mol. The Morgan fingerprint density at radius 3 is 1.64 bits per heavy atom. The van der Waals surface area contributed by atoms with Gasteiger partial charge in [0.05, 0.1) is 0 Å². The van der Waals surface area contributed by atoms with Crippen LogP contribution in [-0.2, 0) is 21.9 Å². The van der Waals surface area contributed by atoms with Crippen LogP contribution in [0.5, 0.6) is 0 Å². The van der Waals surface area contributed by atoms with Crippen LogP contribution in [0.2, 0.25) is 0 Å². The van der Waals surface area contributed by atoms with E-state index in [4.69, 9.17) is 0 Å². The molecule has 11 heavy (non-hydrogen) atoms. The molecule has 2 aliphatic heterocycles. The predicted octanol–water partition coefficient (Wildman–Crippen LogP) is -1.01. The average molecular weight is 196 g/mol. The fraction of sp³-hybridized carbons (Fsp3) is 0.857. The fourth-order valence-electron chi connectivity index (χ4n) is 1.74. The molecular formula is C7H12FeN2O. The summed E-state index contributed by atoms with van der Waals surface area (Å²) >= 11 is 0. The molecule has 4 heteroatoms. The van der Waals surface area contributed by atoms with E-state index in [1.54, 1.807) is 0 Å². The summed E-state index contributed by atoms with van der Waals surface area (Å²) < 4.78 is 0. The Bertz CT molecular complexity index is 139. The van der Waals surface area contributed by atoms with Gasteiger partial charge in [0.25, 0.3) is 0 Å². The van der Waals surface area contributed by atoms with Gasteiger partial charge in [-0.25, -0.2) is 0 Å². The first-order valence-electron chi connectivity index (χ1n) is 3.83. The Morgan fingerprint density at radius 1 is 1.00 bits per heavy atom. The number of Topliss-reactive ketones (excluding diaryl/α,β-unsaturated/α-hetero) is 1. The largest absolute Gasteiger partial charge is 0.315 e. The van der Waals surface area contributed by atoms with Gasteiger partial charge in [-0.15, -0.1) is 0 Å². The van der Waals surface area contributed by atoms with Gasteiger partial charge in [0.2, 0.25) is 0 Å².